The van der Waals surface area contributed by atoms with Crippen LogP contribution in [0.5, 0.6) is 0 Å². The second-order valence-corrected chi connectivity index (χ2v) is 7.62. The quantitative estimate of drug-likeness (QED) is 0.879. The van der Waals surface area contributed by atoms with E-state index in [4.69, 9.17) is 0 Å². The fourth-order valence-corrected chi connectivity index (χ4v) is 3.75. The van der Waals surface area contributed by atoms with E-state index in [0.29, 0.717) is 5.69 Å². The normalized spacial score (nSPS) is 18.2. The molecule has 2 aromatic rings. The van der Waals surface area contributed by atoms with Crippen molar-refractivity contribution in [3.05, 3.63) is 42.1 Å². The van der Waals surface area contributed by atoms with Crippen LogP contribution >= 0.6 is 0 Å². The maximum atomic E-state index is 12.5. The Morgan fingerprint density at radius 3 is 2.18 bits per heavy atom. The Labute approximate surface area is 166 Å². The lowest BCUT2D eigenvalue weighted by atomic mass is 10.1. The van der Waals surface area contributed by atoms with Crippen LogP contribution in [0, 0.1) is 0 Å². The molecule has 148 valence electrons. The highest BCUT2D eigenvalue weighted by Gasteiger charge is 2.16. The highest BCUT2D eigenvalue weighted by Crippen LogP contribution is 2.20. The minimum absolute atomic E-state index is 0.231. The predicted octanol–water partition coefficient (Wildman–Crippen LogP) is 2.47. The van der Waals surface area contributed by atoms with Crippen molar-refractivity contribution in [2.45, 2.75) is 19.3 Å². The smallest absolute Gasteiger partial charge is 0.276 e. The second-order valence-electron chi connectivity index (χ2n) is 7.62. The van der Waals surface area contributed by atoms with Gasteiger partial charge in [-0.25, -0.2) is 0 Å². The van der Waals surface area contributed by atoms with E-state index in [-0.39, 0.29) is 5.91 Å². The van der Waals surface area contributed by atoms with Crippen molar-refractivity contribution in [3.63, 3.8) is 0 Å². The highest BCUT2D eigenvalue weighted by atomic mass is 16.1. The van der Waals surface area contributed by atoms with Crippen LogP contribution in [-0.4, -0.2) is 67.3 Å². The molecule has 2 aliphatic rings. The number of piperidine rings is 1. The molecule has 3 heterocycles. The van der Waals surface area contributed by atoms with Gasteiger partial charge < -0.3 is 20.0 Å². The van der Waals surface area contributed by atoms with Gasteiger partial charge in [-0.2, -0.15) is 0 Å². The zero-order chi connectivity index (χ0) is 19.3. The third-order valence-electron chi connectivity index (χ3n) is 5.56. The van der Waals surface area contributed by atoms with Crippen molar-refractivity contribution in [2.24, 2.45) is 0 Å². The lowest BCUT2D eigenvalue weighted by Gasteiger charge is -2.34. The van der Waals surface area contributed by atoms with Crippen molar-refractivity contribution < 1.29 is 4.79 Å². The van der Waals surface area contributed by atoms with Gasteiger partial charge >= 0.3 is 0 Å². The van der Waals surface area contributed by atoms with Crippen LogP contribution in [-0.2, 0) is 0 Å². The lowest BCUT2D eigenvalue weighted by Crippen LogP contribution is -2.44. The van der Waals surface area contributed by atoms with E-state index in [0.717, 1.165) is 50.8 Å². The number of carbonyl (C=O) groups excluding carboxylic acids is 1. The minimum Gasteiger partial charge on any atom is -0.369 e. The molecule has 0 saturated carbocycles. The number of anilines is 3. The average molecular weight is 380 g/mol. The highest BCUT2D eigenvalue weighted by molar-refractivity contribution is 6.02. The number of nitrogens with one attached hydrogen (secondary N) is 1. The van der Waals surface area contributed by atoms with Crippen LogP contribution in [0.1, 0.15) is 29.8 Å². The second kappa shape index (κ2) is 8.56. The molecule has 2 saturated heterocycles. The van der Waals surface area contributed by atoms with Crippen molar-refractivity contribution in [1.29, 1.82) is 0 Å². The third-order valence-corrected chi connectivity index (χ3v) is 5.56. The van der Waals surface area contributed by atoms with E-state index in [2.05, 4.69) is 49.4 Å². The Morgan fingerprint density at radius 1 is 0.821 bits per heavy atom. The zero-order valence-corrected chi connectivity index (χ0v) is 16.5. The molecule has 2 aliphatic heterocycles. The molecule has 0 bridgehead atoms. The van der Waals surface area contributed by atoms with Gasteiger partial charge in [0.1, 0.15) is 0 Å². The van der Waals surface area contributed by atoms with Crippen molar-refractivity contribution in [1.82, 2.24) is 15.1 Å². The molecule has 28 heavy (non-hydrogen) atoms. The van der Waals surface area contributed by atoms with Gasteiger partial charge in [0.05, 0.1) is 0 Å². The summed E-state index contributed by atoms with van der Waals surface area (Å²) in [5.74, 6) is 0.623. The number of carbonyl (C=O) groups is 1. The monoisotopic (exact) mass is 380 g/mol. The van der Waals surface area contributed by atoms with Crippen molar-refractivity contribution in [3.8, 4) is 0 Å². The molecular formula is C21H28N6O. The number of aromatic nitrogens is 2. The third kappa shape index (κ3) is 4.42. The Balaban J connectivity index is 1.35. The molecule has 0 spiro atoms. The molecule has 0 radical (unpaired) electrons. The van der Waals surface area contributed by atoms with Gasteiger partial charge in [-0.1, -0.05) is 0 Å². The van der Waals surface area contributed by atoms with Gasteiger partial charge in [-0.15, -0.1) is 10.2 Å². The minimum atomic E-state index is -0.231. The summed E-state index contributed by atoms with van der Waals surface area (Å²) in [7, 11) is 2.15. The summed E-state index contributed by atoms with van der Waals surface area (Å²) in [4.78, 5) is 19.4. The first-order valence-electron chi connectivity index (χ1n) is 10.1. The van der Waals surface area contributed by atoms with E-state index in [1.54, 1.807) is 6.07 Å². The molecule has 1 aromatic heterocycles. The molecule has 0 unspecified atom stereocenters. The van der Waals surface area contributed by atoms with Crippen molar-refractivity contribution >= 4 is 23.1 Å². The molecule has 1 amide bonds. The summed E-state index contributed by atoms with van der Waals surface area (Å²) in [6.07, 6.45) is 3.65. The molecule has 7 nitrogen and oxygen atoms in total. The Morgan fingerprint density at radius 2 is 1.54 bits per heavy atom. The maximum Gasteiger partial charge on any atom is 0.276 e. The first-order valence-corrected chi connectivity index (χ1v) is 10.1. The van der Waals surface area contributed by atoms with Crippen LogP contribution in [0.15, 0.2) is 36.4 Å². The number of piperazine rings is 1. The van der Waals surface area contributed by atoms with Gasteiger partial charge in [0, 0.05) is 50.6 Å². The number of benzene rings is 1. The first kappa shape index (κ1) is 18.7. The summed E-state index contributed by atoms with van der Waals surface area (Å²) >= 11 is 0. The summed E-state index contributed by atoms with van der Waals surface area (Å²) in [6.45, 7) is 6.23. The molecule has 0 aliphatic carbocycles. The van der Waals surface area contributed by atoms with Crippen LogP contribution in [0.25, 0.3) is 0 Å². The van der Waals surface area contributed by atoms with Crippen LogP contribution in [0.3, 0.4) is 0 Å². The van der Waals surface area contributed by atoms with E-state index in [1.807, 2.05) is 18.2 Å². The van der Waals surface area contributed by atoms with Gasteiger partial charge in [-0.05, 0) is 62.7 Å². The standard InChI is InChI=1S/C21H28N6O/c1-25-13-15-26(16-14-25)18-7-5-17(6-8-18)22-21(28)19-9-10-20(24-23-19)27-11-3-2-4-12-27/h5-10H,2-4,11-16H2,1H3,(H,22,28). The molecular weight excluding hydrogens is 352 g/mol. The zero-order valence-electron chi connectivity index (χ0n) is 16.5. The molecule has 7 heteroatoms. The van der Waals surface area contributed by atoms with Crippen LogP contribution < -0.4 is 15.1 Å². The van der Waals surface area contributed by atoms with Gasteiger partial charge in [0.2, 0.25) is 0 Å². The van der Waals surface area contributed by atoms with Crippen LogP contribution in [0.4, 0.5) is 17.2 Å². The molecule has 1 N–H and O–H groups in total. The fraction of sp³-hybridized carbons (Fsp3) is 0.476. The summed E-state index contributed by atoms with van der Waals surface area (Å²) in [5.41, 5.74) is 2.30. The molecule has 0 atom stereocenters. The number of likely N-dealkylation sites (N-methyl/N-ethyl adjacent to an activating group) is 1. The van der Waals surface area contributed by atoms with E-state index < -0.39 is 0 Å². The summed E-state index contributed by atoms with van der Waals surface area (Å²) in [5, 5.41) is 11.3. The number of amides is 1. The van der Waals surface area contributed by atoms with Crippen molar-refractivity contribution in [2.75, 3.05) is 61.4 Å². The summed E-state index contributed by atoms with van der Waals surface area (Å²) < 4.78 is 0. The average Bonchev–Trinajstić information content (AvgIpc) is 2.76. The van der Waals surface area contributed by atoms with Crippen LogP contribution in [0.2, 0.25) is 0 Å². The Bertz CT molecular complexity index is 778. The van der Waals surface area contributed by atoms with E-state index in [1.165, 1.54) is 24.9 Å². The summed E-state index contributed by atoms with van der Waals surface area (Å²) in [6, 6.07) is 11.7. The fourth-order valence-electron chi connectivity index (χ4n) is 3.75. The maximum absolute atomic E-state index is 12.5. The van der Waals surface area contributed by atoms with E-state index in [9.17, 15) is 4.79 Å². The largest absolute Gasteiger partial charge is 0.369 e. The topological polar surface area (TPSA) is 64.6 Å². The molecule has 4 rings (SSSR count). The number of rotatable bonds is 4. The molecule has 1 aromatic carbocycles. The molecule has 2 fully saturated rings. The Hall–Kier alpha value is -2.67. The van der Waals surface area contributed by atoms with E-state index >= 15 is 0 Å². The number of hydrogen-bond acceptors (Lipinski definition) is 6. The van der Waals surface area contributed by atoms with Gasteiger partial charge in [-0.3, -0.25) is 4.79 Å². The number of hydrogen-bond donors (Lipinski definition) is 1. The predicted molar refractivity (Wildman–Crippen MR) is 112 cm³/mol. The lowest BCUT2D eigenvalue weighted by molar-refractivity contribution is 0.102. The van der Waals surface area contributed by atoms with Gasteiger partial charge in [0.15, 0.2) is 11.5 Å². The number of nitrogens with zero attached hydrogens (tertiary/aromatic N) is 5. The first-order chi connectivity index (χ1) is 13.7. The van der Waals surface area contributed by atoms with Gasteiger partial charge in [0.25, 0.3) is 5.91 Å². The Kier molecular flexibility index (Phi) is 5.71. The SMILES string of the molecule is CN1CCN(c2ccc(NC(=O)c3ccc(N4CCCCC4)nn3)cc2)CC1.